The fourth-order valence-corrected chi connectivity index (χ4v) is 2.00. The number of hydrogen-bond acceptors (Lipinski definition) is 5. The smallest absolute Gasteiger partial charge is 0.238 e. The largest absolute Gasteiger partial charge is 0.480 e. The molecular weight excluding hydrogens is 206 g/mol. The van der Waals surface area contributed by atoms with Gasteiger partial charge >= 0.3 is 0 Å². The Hall–Kier alpha value is -1.36. The quantitative estimate of drug-likeness (QED) is 0.837. The molecule has 1 aromatic rings. The monoisotopic (exact) mass is 223 g/mol. The van der Waals surface area contributed by atoms with E-state index >= 15 is 0 Å². The lowest BCUT2D eigenvalue weighted by atomic mass is 9.99. The summed E-state index contributed by atoms with van der Waals surface area (Å²) >= 11 is 0. The summed E-state index contributed by atoms with van der Waals surface area (Å²) in [4.78, 5) is 0. The zero-order valence-corrected chi connectivity index (χ0v) is 9.69. The maximum absolute atomic E-state index is 5.23. The third kappa shape index (κ3) is 2.24. The molecule has 0 amide bonds. The average Bonchev–Trinajstić information content (AvgIpc) is 2.39. The van der Waals surface area contributed by atoms with Crippen molar-refractivity contribution >= 4 is 0 Å². The average molecular weight is 223 g/mol. The van der Waals surface area contributed by atoms with E-state index in [4.69, 9.17) is 9.47 Å². The molecule has 1 fully saturated rings. The summed E-state index contributed by atoms with van der Waals surface area (Å²) < 4.78 is 10.3. The highest BCUT2D eigenvalue weighted by molar-refractivity contribution is 5.32. The molecule has 0 bridgehead atoms. The number of hydrogen-bond donors (Lipinski definition) is 1. The van der Waals surface area contributed by atoms with Gasteiger partial charge < -0.3 is 14.8 Å². The molecule has 5 nitrogen and oxygen atoms in total. The summed E-state index contributed by atoms with van der Waals surface area (Å²) in [6.07, 6.45) is 3.56. The van der Waals surface area contributed by atoms with Crippen molar-refractivity contribution in [1.82, 2.24) is 15.5 Å². The van der Waals surface area contributed by atoms with E-state index in [-0.39, 0.29) is 0 Å². The van der Waals surface area contributed by atoms with Crippen LogP contribution >= 0.6 is 0 Å². The van der Waals surface area contributed by atoms with Crippen molar-refractivity contribution in [1.29, 1.82) is 0 Å². The van der Waals surface area contributed by atoms with Crippen LogP contribution in [-0.4, -0.2) is 31.0 Å². The van der Waals surface area contributed by atoms with Crippen LogP contribution in [0.3, 0.4) is 0 Å². The van der Waals surface area contributed by atoms with Crippen molar-refractivity contribution < 1.29 is 9.47 Å². The van der Waals surface area contributed by atoms with Gasteiger partial charge in [0, 0.05) is 17.7 Å². The Kier molecular flexibility index (Phi) is 3.56. The zero-order valence-electron chi connectivity index (χ0n) is 9.69. The Morgan fingerprint density at radius 2 is 2.12 bits per heavy atom. The summed E-state index contributed by atoms with van der Waals surface area (Å²) in [6, 6.07) is 2.20. The van der Waals surface area contributed by atoms with E-state index in [0.717, 1.165) is 18.5 Å². The fraction of sp³-hybridized carbons (Fsp3) is 0.636. The Labute approximate surface area is 95.2 Å². The van der Waals surface area contributed by atoms with Crippen molar-refractivity contribution in [3.05, 3.63) is 11.6 Å². The Balaban J connectivity index is 2.27. The van der Waals surface area contributed by atoms with Gasteiger partial charge in [-0.2, -0.15) is 0 Å². The van der Waals surface area contributed by atoms with Gasteiger partial charge in [0.1, 0.15) is 0 Å². The highest BCUT2D eigenvalue weighted by Crippen LogP contribution is 2.30. The molecule has 2 rings (SSSR count). The summed E-state index contributed by atoms with van der Waals surface area (Å²) in [6.45, 7) is 1.04. The van der Waals surface area contributed by atoms with Crippen LogP contribution in [0.25, 0.3) is 0 Å². The molecule has 0 aromatic carbocycles. The van der Waals surface area contributed by atoms with Crippen LogP contribution in [0.15, 0.2) is 6.07 Å². The van der Waals surface area contributed by atoms with E-state index in [1.165, 1.54) is 12.8 Å². The van der Waals surface area contributed by atoms with Gasteiger partial charge in [0.15, 0.2) is 0 Å². The van der Waals surface area contributed by atoms with Crippen LogP contribution in [0.4, 0.5) is 0 Å². The van der Waals surface area contributed by atoms with Crippen LogP contribution in [0.1, 0.15) is 30.9 Å². The van der Waals surface area contributed by atoms with Gasteiger partial charge in [-0.15, -0.1) is 10.2 Å². The highest BCUT2D eigenvalue weighted by Gasteiger charge is 2.20. The normalized spacial score (nSPS) is 20.5. The van der Waals surface area contributed by atoms with Gasteiger partial charge in [0.05, 0.1) is 14.2 Å². The number of aromatic nitrogens is 2. The van der Waals surface area contributed by atoms with E-state index < -0.39 is 0 Å². The van der Waals surface area contributed by atoms with Gasteiger partial charge in [0.2, 0.25) is 11.8 Å². The topological polar surface area (TPSA) is 56.3 Å². The molecule has 5 heteroatoms. The second kappa shape index (κ2) is 5.12. The first-order chi connectivity index (χ1) is 7.85. The maximum atomic E-state index is 5.23. The molecule has 1 N–H and O–H groups in total. The molecule has 2 heterocycles. The first kappa shape index (κ1) is 11.1. The van der Waals surface area contributed by atoms with Crippen LogP contribution in [0.2, 0.25) is 0 Å². The Morgan fingerprint density at radius 3 is 2.75 bits per heavy atom. The number of nitrogens with zero attached hydrogens (tertiary/aromatic N) is 2. The van der Waals surface area contributed by atoms with Crippen molar-refractivity contribution in [2.75, 3.05) is 20.8 Å². The standard InChI is InChI=1S/C11H17N3O2/c1-15-10-7-8(11(16-2)14-13-10)9-5-3-4-6-12-9/h7,9,12H,3-6H2,1-2H3. The van der Waals surface area contributed by atoms with Crippen LogP contribution in [-0.2, 0) is 0 Å². The van der Waals surface area contributed by atoms with Crippen LogP contribution in [0.5, 0.6) is 11.8 Å². The molecule has 16 heavy (non-hydrogen) atoms. The first-order valence-electron chi connectivity index (χ1n) is 5.54. The van der Waals surface area contributed by atoms with Crippen LogP contribution < -0.4 is 14.8 Å². The maximum Gasteiger partial charge on any atom is 0.238 e. The van der Waals surface area contributed by atoms with E-state index in [2.05, 4.69) is 15.5 Å². The van der Waals surface area contributed by atoms with Crippen molar-refractivity contribution in [3.63, 3.8) is 0 Å². The van der Waals surface area contributed by atoms with Gasteiger partial charge in [-0.3, -0.25) is 0 Å². The van der Waals surface area contributed by atoms with Crippen molar-refractivity contribution in [2.24, 2.45) is 0 Å². The van der Waals surface area contributed by atoms with E-state index in [9.17, 15) is 0 Å². The molecule has 1 aliphatic rings. The number of ether oxygens (including phenoxy) is 2. The third-order valence-electron chi connectivity index (χ3n) is 2.85. The number of piperidine rings is 1. The van der Waals surface area contributed by atoms with E-state index in [1.807, 2.05) is 6.07 Å². The molecule has 1 atom stereocenters. The summed E-state index contributed by atoms with van der Waals surface area (Å²) in [5.74, 6) is 1.11. The summed E-state index contributed by atoms with van der Waals surface area (Å²) in [7, 11) is 3.21. The molecule has 1 aliphatic heterocycles. The third-order valence-corrected chi connectivity index (χ3v) is 2.85. The molecule has 1 unspecified atom stereocenters. The highest BCUT2D eigenvalue weighted by atomic mass is 16.5. The minimum Gasteiger partial charge on any atom is -0.480 e. The molecule has 0 saturated carbocycles. The lowest BCUT2D eigenvalue weighted by Crippen LogP contribution is -2.27. The minimum atomic E-state index is 0.299. The van der Waals surface area contributed by atoms with Crippen LogP contribution in [0, 0.1) is 0 Å². The SMILES string of the molecule is COc1cc(C2CCCCN2)c(OC)nn1. The molecule has 0 radical (unpaired) electrons. The van der Waals surface area contributed by atoms with E-state index in [0.29, 0.717) is 17.8 Å². The molecule has 0 spiro atoms. The Bertz CT molecular complexity index is 351. The molecule has 1 saturated heterocycles. The van der Waals surface area contributed by atoms with Crippen molar-refractivity contribution in [3.8, 4) is 11.8 Å². The predicted octanol–water partition coefficient (Wildman–Crippen LogP) is 1.31. The number of rotatable bonds is 3. The second-order valence-corrected chi connectivity index (χ2v) is 3.85. The lowest BCUT2D eigenvalue weighted by Gasteiger charge is -2.24. The predicted molar refractivity (Wildman–Crippen MR) is 59.7 cm³/mol. The Morgan fingerprint density at radius 1 is 1.25 bits per heavy atom. The first-order valence-corrected chi connectivity index (χ1v) is 5.54. The minimum absolute atomic E-state index is 0.299. The zero-order chi connectivity index (χ0) is 11.4. The van der Waals surface area contributed by atoms with Gasteiger partial charge in [-0.1, -0.05) is 6.42 Å². The molecule has 88 valence electrons. The molecule has 0 aliphatic carbocycles. The molecular formula is C11H17N3O2. The fourth-order valence-electron chi connectivity index (χ4n) is 2.00. The molecule has 1 aromatic heterocycles. The van der Waals surface area contributed by atoms with Gasteiger partial charge in [-0.25, -0.2) is 0 Å². The lowest BCUT2D eigenvalue weighted by molar-refractivity contribution is 0.343. The second-order valence-electron chi connectivity index (χ2n) is 3.85. The number of nitrogens with one attached hydrogen (secondary N) is 1. The summed E-state index contributed by atoms with van der Waals surface area (Å²) in [5, 5.41) is 11.4. The van der Waals surface area contributed by atoms with Gasteiger partial charge in [-0.05, 0) is 19.4 Å². The van der Waals surface area contributed by atoms with E-state index in [1.54, 1.807) is 14.2 Å². The number of methoxy groups -OCH3 is 2. The van der Waals surface area contributed by atoms with Gasteiger partial charge in [0.25, 0.3) is 0 Å². The van der Waals surface area contributed by atoms with Crippen molar-refractivity contribution in [2.45, 2.75) is 25.3 Å². The summed E-state index contributed by atoms with van der Waals surface area (Å²) in [5.41, 5.74) is 1.04.